The first kappa shape index (κ1) is 26.3. The number of halogens is 1. The number of nitrogens with two attached hydrogens (primary N) is 2. The van der Waals surface area contributed by atoms with E-state index in [-0.39, 0.29) is 36.7 Å². The molecule has 3 aliphatic carbocycles. The molecular formula is C24H27FN4O8. The molecule has 4 atom stereocenters. The van der Waals surface area contributed by atoms with Crippen molar-refractivity contribution < 1.29 is 44.0 Å². The highest BCUT2D eigenvalue weighted by Gasteiger charge is 2.63. The number of primary amides is 1. The van der Waals surface area contributed by atoms with Crippen LogP contribution in [0, 0.1) is 17.7 Å². The van der Waals surface area contributed by atoms with Gasteiger partial charge in [-0.25, -0.2) is 4.39 Å². The van der Waals surface area contributed by atoms with Crippen LogP contribution in [-0.4, -0.2) is 68.0 Å². The zero-order valence-corrected chi connectivity index (χ0v) is 20.0. The Morgan fingerprint density at radius 2 is 1.89 bits per heavy atom. The fourth-order valence-corrected chi connectivity index (χ4v) is 5.33. The maximum atomic E-state index is 15.1. The van der Waals surface area contributed by atoms with Gasteiger partial charge in [-0.15, -0.1) is 0 Å². The average Bonchev–Trinajstić information content (AvgIpc) is 2.81. The number of aliphatic hydroxyl groups excluding tert-OH is 2. The third-order valence-electron chi connectivity index (χ3n) is 7.14. The number of hydrogen-bond donors (Lipinski definition) is 8. The number of nitrogens with one attached hydrogen (secondary N) is 2. The number of Topliss-reactive ketones (excluding diaryl/α,β-unsaturated/α-hetero) is 2. The number of benzene rings is 1. The Bertz CT molecular complexity index is 1320. The van der Waals surface area contributed by atoms with E-state index in [9.17, 15) is 39.6 Å². The number of amides is 2. The van der Waals surface area contributed by atoms with Gasteiger partial charge in [0.25, 0.3) is 5.91 Å². The Morgan fingerprint density at radius 3 is 2.49 bits per heavy atom. The van der Waals surface area contributed by atoms with E-state index in [1.54, 1.807) is 13.8 Å². The molecule has 1 saturated carbocycles. The first-order valence-corrected chi connectivity index (χ1v) is 11.5. The van der Waals surface area contributed by atoms with Crippen molar-refractivity contribution in [1.29, 1.82) is 0 Å². The standard InChI is InChI=1S/C24H27FN4O8/c1-7(2)28-6-13(30)29-12-5-11(25)9-3-8-4-10-17(26)20(33)16(23(27)36)22(35)24(10,37)21(34)14(8)19(32)15(9)18(12)31/h5,7-8,10,17,28,31-32,35,37H,3-4,6,26H2,1-2H3,(H2,27,36)(H,29,30)/t8-,10-,17-,24-/m0/s1. The molecule has 0 heterocycles. The number of ketones is 2. The van der Waals surface area contributed by atoms with Crippen molar-refractivity contribution in [2.24, 2.45) is 23.3 Å². The van der Waals surface area contributed by atoms with Gasteiger partial charge >= 0.3 is 0 Å². The van der Waals surface area contributed by atoms with Crippen LogP contribution in [0.1, 0.15) is 31.4 Å². The van der Waals surface area contributed by atoms with Crippen molar-refractivity contribution in [3.63, 3.8) is 0 Å². The molecule has 0 radical (unpaired) electrons. The quantitative estimate of drug-likeness (QED) is 0.183. The summed E-state index contributed by atoms with van der Waals surface area (Å²) in [4.78, 5) is 50.1. The van der Waals surface area contributed by atoms with Gasteiger partial charge in [0.2, 0.25) is 11.7 Å². The SMILES string of the molecule is CC(C)NCC(=O)Nc1cc(F)c2c(c1O)C(O)=C1C(=O)[C@]3(O)C(O)=C(C(N)=O)C(=O)[C@@H](N)[C@@H]3C[C@@H]1C2. The highest BCUT2D eigenvalue weighted by atomic mass is 19.1. The number of carbonyl (C=O) groups is 4. The van der Waals surface area contributed by atoms with Crippen LogP contribution in [0.25, 0.3) is 5.76 Å². The monoisotopic (exact) mass is 518 g/mol. The van der Waals surface area contributed by atoms with Gasteiger partial charge in [0.1, 0.15) is 22.9 Å². The van der Waals surface area contributed by atoms with Crippen LogP contribution in [-0.2, 0) is 25.6 Å². The molecule has 0 spiro atoms. The summed E-state index contributed by atoms with van der Waals surface area (Å²) in [6.07, 6.45) is -0.479. The number of fused-ring (bicyclic) bond motifs is 3. The number of aliphatic hydroxyl groups is 3. The van der Waals surface area contributed by atoms with Crippen LogP contribution >= 0.6 is 0 Å². The largest absolute Gasteiger partial charge is 0.508 e. The van der Waals surface area contributed by atoms with Crippen molar-refractivity contribution in [3.05, 3.63) is 39.9 Å². The molecule has 2 amide bonds. The summed E-state index contributed by atoms with van der Waals surface area (Å²) in [5.74, 6) is -10.4. The highest BCUT2D eigenvalue weighted by Crippen LogP contribution is 2.52. The first-order valence-electron chi connectivity index (χ1n) is 11.5. The van der Waals surface area contributed by atoms with E-state index in [0.29, 0.717) is 0 Å². The second-order valence-corrected chi connectivity index (χ2v) is 9.77. The maximum Gasteiger partial charge on any atom is 0.255 e. The molecule has 1 aromatic rings. The molecule has 0 unspecified atom stereocenters. The van der Waals surface area contributed by atoms with Gasteiger partial charge in [0.15, 0.2) is 17.1 Å². The maximum absolute atomic E-state index is 15.1. The number of anilines is 1. The van der Waals surface area contributed by atoms with Gasteiger partial charge in [-0.05, 0) is 18.8 Å². The Labute approximate surface area is 209 Å². The summed E-state index contributed by atoms with van der Waals surface area (Å²) >= 11 is 0. The molecule has 198 valence electrons. The molecule has 37 heavy (non-hydrogen) atoms. The minimum Gasteiger partial charge on any atom is -0.508 e. The topological polar surface area (TPSA) is 225 Å². The van der Waals surface area contributed by atoms with Gasteiger partial charge in [-0.2, -0.15) is 0 Å². The van der Waals surface area contributed by atoms with Crippen LogP contribution < -0.4 is 22.1 Å². The summed E-state index contributed by atoms with van der Waals surface area (Å²) in [6, 6.07) is -0.738. The van der Waals surface area contributed by atoms with Gasteiger partial charge < -0.3 is 42.5 Å². The van der Waals surface area contributed by atoms with E-state index >= 15 is 4.39 Å². The Balaban J connectivity index is 1.83. The molecule has 0 aliphatic heterocycles. The van der Waals surface area contributed by atoms with Crippen molar-refractivity contribution in [1.82, 2.24) is 5.32 Å². The zero-order valence-electron chi connectivity index (χ0n) is 20.0. The summed E-state index contributed by atoms with van der Waals surface area (Å²) in [5, 5.41) is 49.0. The van der Waals surface area contributed by atoms with Gasteiger partial charge in [-0.1, -0.05) is 13.8 Å². The molecule has 10 N–H and O–H groups in total. The van der Waals surface area contributed by atoms with E-state index < -0.39 is 86.7 Å². The second kappa shape index (κ2) is 8.94. The van der Waals surface area contributed by atoms with Crippen LogP contribution in [0.4, 0.5) is 10.1 Å². The lowest BCUT2D eigenvalue weighted by molar-refractivity contribution is -0.149. The smallest absolute Gasteiger partial charge is 0.255 e. The second-order valence-electron chi connectivity index (χ2n) is 9.77. The minimum atomic E-state index is -2.86. The van der Waals surface area contributed by atoms with Gasteiger partial charge in [-0.3, -0.25) is 19.2 Å². The lowest BCUT2D eigenvalue weighted by atomic mass is 9.58. The molecule has 0 bridgehead atoms. The number of phenolic OH excluding ortho intramolecular Hbond substituents is 1. The normalized spacial score (nSPS) is 27.1. The fraction of sp³-hybridized carbons (Fsp3) is 0.417. The summed E-state index contributed by atoms with van der Waals surface area (Å²) in [6.45, 7) is 3.46. The first-order chi connectivity index (χ1) is 17.2. The number of hydrogen-bond acceptors (Lipinski definition) is 10. The van der Waals surface area contributed by atoms with Crippen LogP contribution in [0.5, 0.6) is 5.75 Å². The van der Waals surface area contributed by atoms with Crippen molar-refractivity contribution in [2.45, 2.75) is 44.4 Å². The van der Waals surface area contributed by atoms with E-state index in [4.69, 9.17) is 11.5 Å². The predicted octanol–water partition coefficient (Wildman–Crippen LogP) is -0.563. The molecule has 3 aliphatic rings. The molecule has 1 aromatic carbocycles. The molecule has 12 nitrogen and oxygen atoms in total. The van der Waals surface area contributed by atoms with Crippen LogP contribution in [0.2, 0.25) is 0 Å². The Hall–Kier alpha value is -3.81. The van der Waals surface area contributed by atoms with E-state index in [1.807, 2.05) is 0 Å². The third-order valence-corrected chi connectivity index (χ3v) is 7.14. The third kappa shape index (κ3) is 3.86. The molecule has 0 aromatic heterocycles. The fourth-order valence-electron chi connectivity index (χ4n) is 5.33. The molecule has 13 heteroatoms. The summed E-state index contributed by atoms with van der Waals surface area (Å²) in [5.41, 5.74) is 5.76. The Kier molecular flexibility index (Phi) is 6.34. The predicted molar refractivity (Wildman–Crippen MR) is 126 cm³/mol. The van der Waals surface area contributed by atoms with E-state index in [2.05, 4.69) is 10.6 Å². The molecule has 1 fully saturated rings. The van der Waals surface area contributed by atoms with Crippen molar-refractivity contribution >= 4 is 34.8 Å². The van der Waals surface area contributed by atoms with E-state index in [1.165, 1.54) is 0 Å². The minimum absolute atomic E-state index is 0.0268. The lowest BCUT2D eigenvalue weighted by Crippen LogP contribution is -2.65. The van der Waals surface area contributed by atoms with Crippen molar-refractivity contribution in [2.75, 3.05) is 11.9 Å². The summed E-state index contributed by atoms with van der Waals surface area (Å²) in [7, 11) is 0. The molecule has 0 saturated heterocycles. The van der Waals surface area contributed by atoms with E-state index in [0.717, 1.165) is 6.07 Å². The number of aromatic hydroxyl groups is 1. The van der Waals surface area contributed by atoms with Crippen LogP contribution in [0.3, 0.4) is 0 Å². The zero-order chi connectivity index (χ0) is 27.6. The number of phenols is 1. The summed E-state index contributed by atoms with van der Waals surface area (Å²) < 4.78 is 15.1. The van der Waals surface area contributed by atoms with Crippen molar-refractivity contribution in [3.8, 4) is 5.75 Å². The van der Waals surface area contributed by atoms with Gasteiger partial charge in [0.05, 0.1) is 23.8 Å². The molecular weight excluding hydrogens is 491 g/mol. The number of rotatable bonds is 5. The molecule has 4 rings (SSSR count). The number of carbonyl (C=O) groups excluding carboxylic acids is 4. The Morgan fingerprint density at radius 1 is 1.24 bits per heavy atom. The van der Waals surface area contributed by atoms with Gasteiger partial charge in [0, 0.05) is 29.2 Å². The lowest BCUT2D eigenvalue weighted by Gasteiger charge is -2.48. The highest BCUT2D eigenvalue weighted by molar-refractivity contribution is 6.24. The van der Waals surface area contributed by atoms with Crippen LogP contribution in [0.15, 0.2) is 23.0 Å². The average molecular weight is 518 g/mol.